The van der Waals surface area contributed by atoms with E-state index >= 15 is 0 Å². The molecule has 0 spiro atoms. The van der Waals surface area contributed by atoms with Crippen LogP contribution in [0, 0.1) is 13.8 Å². The maximum atomic E-state index is 13.8. The van der Waals surface area contributed by atoms with Crippen molar-refractivity contribution in [2.45, 2.75) is 77.4 Å². The summed E-state index contributed by atoms with van der Waals surface area (Å²) < 4.78 is 6.85. The minimum atomic E-state index is -1.91. The zero-order valence-corrected chi connectivity index (χ0v) is 24.4. The summed E-state index contributed by atoms with van der Waals surface area (Å²) in [5.41, 5.74) is 6.23. The number of nitrogens with one attached hydrogen (secondary N) is 1. The van der Waals surface area contributed by atoms with Gasteiger partial charge in [0, 0.05) is 22.9 Å². The highest BCUT2D eigenvalue weighted by molar-refractivity contribution is 5.94. The van der Waals surface area contributed by atoms with Gasteiger partial charge in [0.05, 0.1) is 35.1 Å². The number of aryl methyl sites for hydroxylation is 2. The van der Waals surface area contributed by atoms with Gasteiger partial charge < -0.3 is 24.8 Å². The second-order valence-corrected chi connectivity index (χ2v) is 12.0. The number of nitrogens with zero attached hydrogens (tertiary/aromatic N) is 2. The predicted octanol–water partition coefficient (Wildman–Crippen LogP) is 3.40. The van der Waals surface area contributed by atoms with E-state index < -0.39 is 29.6 Å². The number of carbonyl (C=O) groups is 2. The number of benzene rings is 2. The van der Waals surface area contributed by atoms with Crippen LogP contribution in [0.1, 0.15) is 70.3 Å². The van der Waals surface area contributed by atoms with Crippen LogP contribution in [0.2, 0.25) is 0 Å². The van der Waals surface area contributed by atoms with Crippen LogP contribution in [-0.2, 0) is 45.9 Å². The summed E-state index contributed by atoms with van der Waals surface area (Å²) in [5, 5.41) is 26.2. The topological polar surface area (TPSA) is 131 Å². The fourth-order valence-electron chi connectivity index (χ4n) is 7.08. The van der Waals surface area contributed by atoms with Gasteiger partial charge in [-0.25, -0.2) is 9.78 Å². The third-order valence-electron chi connectivity index (χ3n) is 9.59. The molecule has 3 atom stereocenters. The van der Waals surface area contributed by atoms with Gasteiger partial charge in [0.15, 0.2) is 5.60 Å². The van der Waals surface area contributed by atoms with Crippen LogP contribution in [0.25, 0.3) is 22.3 Å². The SMILES string of the molecule is CC[C@@]1(O)C(=O)OCc2c1cc1n(c2=O)Cc2c-1nc1cc(C)c(C)c3c1c2[C@H](NC(=O)C(O)Cc1ccccc1)CC3. The number of amides is 1. The fraction of sp³-hybridized carbons (Fsp3) is 0.353. The molecule has 0 bridgehead atoms. The zero-order chi connectivity index (χ0) is 30.2. The lowest BCUT2D eigenvalue weighted by molar-refractivity contribution is -0.172. The van der Waals surface area contributed by atoms with E-state index in [2.05, 4.69) is 19.2 Å². The number of hydrogen-bond donors (Lipinski definition) is 3. The number of cyclic esters (lactones) is 1. The Bertz CT molecular complexity index is 1910. The van der Waals surface area contributed by atoms with Crippen molar-refractivity contribution in [2.24, 2.45) is 0 Å². The number of ether oxygens (including phenoxy) is 1. The Morgan fingerprint density at radius 1 is 1.16 bits per heavy atom. The molecule has 7 rings (SSSR count). The van der Waals surface area contributed by atoms with Crippen molar-refractivity contribution in [2.75, 3.05) is 0 Å². The first-order valence-corrected chi connectivity index (χ1v) is 14.8. The van der Waals surface area contributed by atoms with Gasteiger partial charge in [0.25, 0.3) is 5.56 Å². The quantitative estimate of drug-likeness (QED) is 0.272. The smallest absolute Gasteiger partial charge is 0.343 e. The van der Waals surface area contributed by atoms with E-state index in [1.54, 1.807) is 17.6 Å². The third kappa shape index (κ3) is 4.06. The second kappa shape index (κ2) is 9.86. The van der Waals surface area contributed by atoms with Gasteiger partial charge in [-0.3, -0.25) is 9.59 Å². The van der Waals surface area contributed by atoms with Crippen molar-refractivity contribution in [1.29, 1.82) is 0 Å². The summed E-state index contributed by atoms with van der Waals surface area (Å²) in [4.78, 5) is 44.8. The Morgan fingerprint density at radius 3 is 2.67 bits per heavy atom. The molecule has 0 saturated heterocycles. The molecule has 9 heteroatoms. The zero-order valence-electron chi connectivity index (χ0n) is 24.4. The third-order valence-corrected chi connectivity index (χ3v) is 9.59. The molecule has 2 aliphatic heterocycles. The van der Waals surface area contributed by atoms with Crippen molar-refractivity contribution in [1.82, 2.24) is 14.9 Å². The van der Waals surface area contributed by atoms with E-state index in [0.717, 1.165) is 39.6 Å². The number of fused-ring (bicyclic) bond motifs is 5. The average molecular weight is 580 g/mol. The molecule has 3 N–H and O–H groups in total. The molecule has 4 heterocycles. The minimum Gasteiger partial charge on any atom is -0.458 e. The Labute approximate surface area is 248 Å². The first-order valence-electron chi connectivity index (χ1n) is 14.8. The summed E-state index contributed by atoms with van der Waals surface area (Å²) in [6.45, 7) is 5.86. The molecule has 0 saturated carbocycles. The molecular weight excluding hydrogens is 546 g/mol. The lowest BCUT2D eigenvalue weighted by Crippen LogP contribution is -2.44. The number of rotatable bonds is 5. The first kappa shape index (κ1) is 27.5. The lowest BCUT2D eigenvalue weighted by atomic mass is 9.80. The van der Waals surface area contributed by atoms with Gasteiger partial charge in [0.2, 0.25) is 5.91 Å². The van der Waals surface area contributed by atoms with Crippen LogP contribution in [0.15, 0.2) is 47.3 Å². The molecular formula is C34H33N3O6. The summed E-state index contributed by atoms with van der Waals surface area (Å²) in [7, 11) is 0. The predicted molar refractivity (Wildman–Crippen MR) is 159 cm³/mol. The van der Waals surface area contributed by atoms with Crippen molar-refractivity contribution in [3.8, 4) is 11.4 Å². The highest BCUT2D eigenvalue weighted by Gasteiger charge is 2.46. The van der Waals surface area contributed by atoms with Crippen LogP contribution < -0.4 is 10.9 Å². The normalized spacial score (nSPS) is 20.7. The maximum Gasteiger partial charge on any atom is 0.343 e. The van der Waals surface area contributed by atoms with Crippen molar-refractivity contribution in [3.63, 3.8) is 0 Å². The fourth-order valence-corrected chi connectivity index (χ4v) is 7.08. The van der Waals surface area contributed by atoms with Crippen LogP contribution in [-0.4, -0.2) is 37.7 Å². The van der Waals surface area contributed by atoms with E-state index in [0.29, 0.717) is 17.8 Å². The van der Waals surface area contributed by atoms with Crippen LogP contribution >= 0.6 is 0 Å². The van der Waals surface area contributed by atoms with E-state index in [4.69, 9.17) is 9.72 Å². The molecule has 0 fully saturated rings. The van der Waals surface area contributed by atoms with Gasteiger partial charge in [-0.1, -0.05) is 37.3 Å². The van der Waals surface area contributed by atoms with E-state index in [1.807, 2.05) is 36.4 Å². The van der Waals surface area contributed by atoms with Gasteiger partial charge in [0.1, 0.15) is 12.7 Å². The molecule has 0 radical (unpaired) electrons. The molecule has 2 aromatic heterocycles. The Morgan fingerprint density at radius 2 is 1.93 bits per heavy atom. The highest BCUT2D eigenvalue weighted by Crippen LogP contribution is 2.46. The summed E-state index contributed by atoms with van der Waals surface area (Å²) >= 11 is 0. The number of carbonyl (C=O) groups excluding carboxylic acids is 2. The molecule has 1 unspecified atom stereocenters. The monoisotopic (exact) mass is 579 g/mol. The summed E-state index contributed by atoms with van der Waals surface area (Å²) in [6, 6.07) is 12.7. The summed E-state index contributed by atoms with van der Waals surface area (Å²) in [6.07, 6.45) is 0.413. The van der Waals surface area contributed by atoms with Crippen molar-refractivity contribution >= 4 is 22.8 Å². The molecule has 4 aromatic rings. The molecule has 1 amide bonds. The standard InChI is InChI=1S/C34H33N3O6/c1-4-34(42)23-14-26-30-21(15-37(26)32(40)22(23)16-43-33(34)41)29-24(36-31(39)27(38)13-19-8-6-5-7-9-19)11-10-20-18(3)17(2)12-25(35-30)28(20)29/h5-9,12,14,24,27,38,42H,4,10-11,13,15-16H2,1-3H3,(H,36,39)/t24-,27?,34+/m1/s1. The molecule has 43 heavy (non-hydrogen) atoms. The molecule has 9 nitrogen and oxygen atoms in total. The van der Waals surface area contributed by atoms with E-state index in [1.165, 1.54) is 11.1 Å². The number of aliphatic hydroxyl groups excluding tert-OH is 1. The van der Waals surface area contributed by atoms with Gasteiger partial charge in [-0.15, -0.1) is 0 Å². The Kier molecular flexibility index (Phi) is 6.30. The number of esters is 1. The largest absolute Gasteiger partial charge is 0.458 e. The van der Waals surface area contributed by atoms with Crippen molar-refractivity contribution in [3.05, 3.63) is 97.3 Å². The van der Waals surface area contributed by atoms with Crippen LogP contribution in [0.4, 0.5) is 0 Å². The Balaban J connectivity index is 1.38. The van der Waals surface area contributed by atoms with Crippen molar-refractivity contribution < 1.29 is 24.5 Å². The molecule has 3 aliphatic rings. The lowest BCUT2D eigenvalue weighted by Gasteiger charge is -2.31. The molecule has 1 aliphatic carbocycles. The molecule has 2 aromatic carbocycles. The number of aromatic nitrogens is 2. The Hall–Kier alpha value is -4.34. The van der Waals surface area contributed by atoms with Crippen LogP contribution in [0.5, 0.6) is 0 Å². The maximum absolute atomic E-state index is 13.8. The van der Waals surface area contributed by atoms with E-state index in [9.17, 15) is 24.6 Å². The van der Waals surface area contributed by atoms with Crippen LogP contribution in [0.3, 0.4) is 0 Å². The minimum absolute atomic E-state index is 0.0617. The molecule has 220 valence electrons. The number of aliphatic hydroxyl groups is 2. The average Bonchev–Trinajstić information content (AvgIpc) is 3.37. The number of pyridine rings is 2. The first-order chi connectivity index (χ1) is 20.6. The van der Waals surface area contributed by atoms with Gasteiger partial charge >= 0.3 is 5.97 Å². The van der Waals surface area contributed by atoms with Gasteiger partial charge in [-0.2, -0.15) is 0 Å². The summed E-state index contributed by atoms with van der Waals surface area (Å²) in [5.74, 6) is -1.22. The number of hydrogen-bond acceptors (Lipinski definition) is 7. The highest BCUT2D eigenvalue weighted by atomic mass is 16.6. The second-order valence-electron chi connectivity index (χ2n) is 12.0. The van der Waals surface area contributed by atoms with E-state index in [-0.39, 0.29) is 42.7 Å². The van der Waals surface area contributed by atoms with Gasteiger partial charge in [-0.05, 0) is 73.1 Å².